The van der Waals surface area contributed by atoms with Gasteiger partial charge in [-0.05, 0) is 48.6 Å². The number of halogens is 24. The lowest BCUT2D eigenvalue weighted by Crippen LogP contribution is -2.75. The molecule has 1 aromatic heterocycles. The molecule has 6 aromatic rings. The van der Waals surface area contributed by atoms with E-state index in [0.717, 1.165) is 12.5 Å². The Morgan fingerprint density at radius 2 is 0.605 bits per heavy atom. The average molecular weight is 1120 g/mol. The molecule has 27 heteroatoms. The Morgan fingerprint density at radius 3 is 0.842 bits per heavy atom. The fourth-order valence-corrected chi connectivity index (χ4v) is 9.07. The Kier molecular flexibility index (Phi) is 16.1. The van der Waals surface area contributed by atoms with Crippen LogP contribution >= 0.6 is 0 Å². The Hall–Kier alpha value is -6.44. The molecule has 76 heavy (non-hydrogen) atoms. The number of rotatable bonds is 7. The molecule has 0 unspecified atom stereocenters. The van der Waals surface area contributed by atoms with Crippen LogP contribution in [0.3, 0.4) is 0 Å². The largest absolute Gasteiger partial charge is 0.416 e. The van der Waals surface area contributed by atoms with E-state index in [4.69, 9.17) is 0 Å². The van der Waals surface area contributed by atoms with Crippen LogP contribution in [0.2, 0.25) is 0 Å². The first-order valence-electron chi connectivity index (χ1n) is 21.9. The summed E-state index contributed by atoms with van der Waals surface area (Å²) in [5, 5.41) is 0. The first kappa shape index (κ1) is 58.8. The number of aromatic nitrogens is 2. The summed E-state index contributed by atoms with van der Waals surface area (Å²) >= 11 is 0. The highest BCUT2D eigenvalue weighted by molar-refractivity contribution is 7.20. The molecular formula is C49H33BF24N2. The molecule has 410 valence electrons. The minimum atomic E-state index is -6.13. The molecule has 5 aromatic carbocycles. The second-order valence-corrected chi connectivity index (χ2v) is 17.7. The molecule has 0 bridgehead atoms. The monoisotopic (exact) mass is 1120 g/mol. The second kappa shape index (κ2) is 20.8. The lowest BCUT2D eigenvalue weighted by atomic mass is 9.12. The minimum absolute atomic E-state index is 0.691. The van der Waals surface area contributed by atoms with E-state index < -0.39 is 195 Å². The summed E-state index contributed by atoms with van der Waals surface area (Å²) in [6.45, 7) is 0.924. The van der Waals surface area contributed by atoms with Gasteiger partial charge in [0, 0.05) is 5.56 Å². The van der Waals surface area contributed by atoms with E-state index in [9.17, 15) is 105 Å². The lowest BCUT2D eigenvalue weighted by Gasteiger charge is -2.46. The van der Waals surface area contributed by atoms with Crippen LogP contribution in [0.5, 0.6) is 0 Å². The standard InChI is InChI=1S/C32H12BF24.C17H21N2/c34-25(35,36)13-1-14(26(37,38)39)6-21(5-13)33(22-7-15(27(40,41)42)2-16(8-22)28(43,44)45,23-9-17(29(46,47)48)3-18(10-23)30(49,50)51)24-11-19(31(52,53)54)4-20(12-24)32(55,56)57;1-2-4-16(5-3-1)17-8-6-15(7-9-17)14-19-12-10-18-11-13-19/h1-12H;6-13,16H,1-5,14H2/q-1;+1. The summed E-state index contributed by atoms with van der Waals surface area (Å²) in [4.78, 5) is 4.04. The summed E-state index contributed by atoms with van der Waals surface area (Å²) < 4.78 is 343. The van der Waals surface area contributed by atoms with Gasteiger partial charge in [0.2, 0.25) is 0 Å². The third kappa shape index (κ3) is 13.7. The third-order valence-corrected chi connectivity index (χ3v) is 12.5. The number of benzene rings is 5. The molecule has 1 fully saturated rings. The van der Waals surface area contributed by atoms with E-state index in [0.29, 0.717) is 0 Å². The quantitative estimate of drug-likeness (QED) is 0.0884. The topological polar surface area (TPSA) is 16.8 Å². The highest BCUT2D eigenvalue weighted by Gasteiger charge is 2.47. The number of hydrogen-bond acceptors (Lipinski definition) is 1. The van der Waals surface area contributed by atoms with Crippen molar-refractivity contribution in [3.8, 4) is 0 Å². The van der Waals surface area contributed by atoms with E-state index in [-0.39, 0.29) is 0 Å². The fraction of sp³-hybridized carbons (Fsp3) is 0.306. The van der Waals surface area contributed by atoms with Crippen LogP contribution in [0.1, 0.15) is 93.7 Å². The molecule has 1 aliphatic carbocycles. The number of alkyl halides is 24. The zero-order valence-electron chi connectivity index (χ0n) is 37.9. The number of hydrogen-bond donors (Lipinski definition) is 0. The smallest absolute Gasteiger partial charge is 0.252 e. The van der Waals surface area contributed by atoms with Gasteiger partial charge in [-0.15, -0.1) is 0 Å². The summed E-state index contributed by atoms with van der Waals surface area (Å²) in [6.07, 6.45) is -40.2. The highest BCUT2D eigenvalue weighted by Crippen LogP contribution is 2.42. The van der Waals surface area contributed by atoms with Gasteiger partial charge in [0.1, 0.15) is 6.15 Å². The van der Waals surface area contributed by atoms with Crippen molar-refractivity contribution in [1.82, 2.24) is 4.98 Å². The van der Waals surface area contributed by atoms with Crippen LogP contribution in [0.4, 0.5) is 105 Å². The van der Waals surface area contributed by atoms with Crippen molar-refractivity contribution >= 4 is 28.0 Å². The van der Waals surface area contributed by atoms with Gasteiger partial charge >= 0.3 is 49.4 Å². The van der Waals surface area contributed by atoms with Crippen molar-refractivity contribution < 1.29 is 110 Å². The van der Waals surface area contributed by atoms with E-state index in [2.05, 4.69) is 33.8 Å². The first-order valence-corrected chi connectivity index (χ1v) is 21.9. The Balaban J connectivity index is 0.000000408. The van der Waals surface area contributed by atoms with Crippen molar-refractivity contribution in [3.05, 3.63) is 177 Å². The van der Waals surface area contributed by atoms with Crippen molar-refractivity contribution in [1.29, 1.82) is 0 Å². The minimum Gasteiger partial charge on any atom is -0.252 e. The first-order chi connectivity index (χ1) is 34.7. The molecule has 0 saturated heterocycles. The Morgan fingerprint density at radius 1 is 0.355 bits per heavy atom. The van der Waals surface area contributed by atoms with E-state index in [1.165, 1.54) is 43.2 Å². The van der Waals surface area contributed by atoms with E-state index >= 15 is 0 Å². The normalized spacial score (nSPS) is 14.8. The van der Waals surface area contributed by atoms with Crippen LogP contribution in [0.25, 0.3) is 0 Å². The van der Waals surface area contributed by atoms with Crippen LogP contribution in [-0.4, -0.2) is 11.1 Å². The molecule has 0 atom stereocenters. The predicted molar refractivity (Wildman–Crippen MR) is 226 cm³/mol. The molecule has 0 amide bonds. The highest BCUT2D eigenvalue weighted by atomic mass is 19.4. The lowest BCUT2D eigenvalue weighted by molar-refractivity contribution is -0.688. The van der Waals surface area contributed by atoms with E-state index in [1.54, 1.807) is 0 Å². The summed E-state index contributed by atoms with van der Waals surface area (Å²) in [7, 11) is 0. The van der Waals surface area contributed by atoms with Crippen molar-refractivity contribution in [3.63, 3.8) is 0 Å². The van der Waals surface area contributed by atoms with Gasteiger partial charge in [-0.2, -0.15) is 132 Å². The number of nitrogens with zero attached hydrogens (tertiary/aromatic N) is 2. The molecule has 1 heterocycles. The summed E-state index contributed by atoms with van der Waals surface area (Å²) in [5.74, 6) is 0.802. The average Bonchev–Trinajstić information content (AvgIpc) is 3.30. The second-order valence-electron chi connectivity index (χ2n) is 17.7. The fourth-order valence-electron chi connectivity index (χ4n) is 9.07. The zero-order valence-corrected chi connectivity index (χ0v) is 37.9. The zero-order chi connectivity index (χ0) is 56.8. The van der Waals surface area contributed by atoms with E-state index in [1.807, 2.05) is 24.8 Å². The molecule has 0 radical (unpaired) electrons. The predicted octanol–water partition coefficient (Wildman–Crippen LogP) is 14.7. The van der Waals surface area contributed by atoms with Crippen LogP contribution in [-0.2, 0) is 56.0 Å². The molecule has 1 saturated carbocycles. The molecule has 0 aliphatic heterocycles. The van der Waals surface area contributed by atoms with Crippen molar-refractivity contribution in [2.45, 2.75) is 94.0 Å². The van der Waals surface area contributed by atoms with Crippen LogP contribution in [0, 0.1) is 0 Å². The molecule has 2 nitrogen and oxygen atoms in total. The van der Waals surface area contributed by atoms with Crippen molar-refractivity contribution in [2.24, 2.45) is 0 Å². The van der Waals surface area contributed by atoms with Gasteiger partial charge < -0.3 is 0 Å². The molecule has 1 aliphatic rings. The van der Waals surface area contributed by atoms with Crippen molar-refractivity contribution in [2.75, 3.05) is 0 Å². The Bertz CT molecular complexity index is 2540. The maximum absolute atomic E-state index is 14.2. The van der Waals surface area contributed by atoms with Gasteiger partial charge in [0.15, 0.2) is 18.9 Å². The maximum atomic E-state index is 14.2. The summed E-state index contributed by atoms with van der Waals surface area (Å²) in [5.41, 5.74) is -27.3. The SMILES string of the molecule is FC(F)(F)c1cc([B-](c2cc(C(F)(F)F)cc(C(F)(F)F)c2)(c2cc(C(F)(F)F)cc(C(F)(F)F)c2)c2cc(C(F)(F)F)cc(C(F)(F)F)c2)cc(C(F)(F)F)c1.c1c[n+](Cc2ccc(C3CCCCC3)cc2)ccn1. The van der Waals surface area contributed by atoms with Gasteiger partial charge in [0.05, 0.1) is 56.9 Å². The van der Waals surface area contributed by atoms with Crippen LogP contribution in [0.15, 0.2) is 122 Å². The molecular weight excluding hydrogens is 1080 g/mol. The third-order valence-electron chi connectivity index (χ3n) is 12.5. The maximum Gasteiger partial charge on any atom is 0.416 e. The van der Waals surface area contributed by atoms with Gasteiger partial charge in [-0.3, -0.25) is 4.98 Å². The van der Waals surface area contributed by atoms with Crippen LogP contribution < -0.4 is 26.4 Å². The molecule has 0 N–H and O–H groups in total. The van der Waals surface area contributed by atoms with Gasteiger partial charge in [-0.25, -0.2) is 0 Å². The molecule has 7 rings (SSSR count). The van der Waals surface area contributed by atoms with Gasteiger partial charge in [0.25, 0.3) is 0 Å². The Labute approximate surface area is 413 Å². The van der Waals surface area contributed by atoms with Gasteiger partial charge in [-0.1, -0.05) is 92.1 Å². The summed E-state index contributed by atoms with van der Waals surface area (Å²) in [6, 6.07) is 0.393. The molecule has 0 spiro atoms.